The Bertz CT molecular complexity index is 137. The van der Waals surface area contributed by atoms with Crippen molar-refractivity contribution >= 4 is 0 Å². The van der Waals surface area contributed by atoms with E-state index in [0.717, 1.165) is 0 Å². The number of rotatable bonds is 14. The molecule has 0 N–H and O–H groups in total. The molecule has 0 spiro atoms. The van der Waals surface area contributed by atoms with Crippen molar-refractivity contribution < 1.29 is 0 Å². The fraction of sp³-hybridized carbons (Fsp3) is 0.944. The van der Waals surface area contributed by atoms with Gasteiger partial charge in [-0.2, -0.15) is 0 Å². The van der Waals surface area contributed by atoms with Crippen LogP contribution in [-0.2, 0) is 0 Å². The lowest BCUT2D eigenvalue weighted by Gasteiger charge is -2.02. The SMILES string of the molecule is C#N.CCCCCCCCCCCCCCCCC. The molecule has 0 heterocycles. The minimum atomic E-state index is 1.37. The van der Waals surface area contributed by atoms with E-state index in [4.69, 9.17) is 5.26 Å². The molecule has 0 bridgehead atoms. The monoisotopic (exact) mass is 267 g/mol. The van der Waals surface area contributed by atoms with Gasteiger partial charge in [-0.1, -0.05) is 110 Å². The van der Waals surface area contributed by atoms with Crippen LogP contribution in [0.1, 0.15) is 110 Å². The molecule has 0 aromatic rings. The van der Waals surface area contributed by atoms with E-state index in [-0.39, 0.29) is 0 Å². The topological polar surface area (TPSA) is 23.8 Å². The summed E-state index contributed by atoms with van der Waals surface area (Å²) < 4.78 is 0. The molecule has 0 atom stereocenters. The van der Waals surface area contributed by atoms with Crippen molar-refractivity contribution in [2.24, 2.45) is 0 Å². The van der Waals surface area contributed by atoms with Crippen LogP contribution >= 0.6 is 0 Å². The standard InChI is InChI=1S/C17H36.CHN/c1-3-5-7-9-11-13-15-17-16-14-12-10-8-6-4-2;1-2/h3-17H2,1-2H3;1H. The Labute approximate surface area is 122 Å². The number of unbranched alkanes of at least 4 members (excludes halogenated alkanes) is 14. The van der Waals surface area contributed by atoms with Gasteiger partial charge in [-0.3, -0.25) is 0 Å². The summed E-state index contributed by atoms with van der Waals surface area (Å²) >= 11 is 0. The normalized spacial score (nSPS) is 9.89. The Morgan fingerprint density at radius 2 is 0.579 bits per heavy atom. The average molecular weight is 268 g/mol. The second kappa shape index (κ2) is 22.7. The van der Waals surface area contributed by atoms with Crippen LogP contribution in [-0.4, -0.2) is 0 Å². The Morgan fingerprint density at radius 3 is 0.737 bits per heavy atom. The Morgan fingerprint density at radius 1 is 0.421 bits per heavy atom. The van der Waals surface area contributed by atoms with Gasteiger partial charge in [-0.15, -0.1) is 0 Å². The highest BCUT2D eigenvalue weighted by Gasteiger charge is 1.93. The molecule has 0 aliphatic carbocycles. The third kappa shape index (κ3) is 23.1. The van der Waals surface area contributed by atoms with E-state index in [1.54, 1.807) is 0 Å². The van der Waals surface area contributed by atoms with Gasteiger partial charge in [0.15, 0.2) is 0 Å². The lowest BCUT2D eigenvalue weighted by atomic mass is 10.0. The molecule has 0 fully saturated rings. The fourth-order valence-electron chi connectivity index (χ4n) is 2.44. The molecule has 114 valence electrons. The molecule has 0 aromatic heterocycles. The minimum Gasteiger partial charge on any atom is -0.202 e. The van der Waals surface area contributed by atoms with Gasteiger partial charge < -0.3 is 0 Å². The lowest BCUT2D eigenvalue weighted by Crippen LogP contribution is -1.82. The molecule has 0 aliphatic heterocycles. The van der Waals surface area contributed by atoms with E-state index in [2.05, 4.69) is 20.4 Å². The van der Waals surface area contributed by atoms with Gasteiger partial charge in [0.2, 0.25) is 0 Å². The number of hydrogen-bond acceptors (Lipinski definition) is 1. The van der Waals surface area contributed by atoms with Crippen LogP contribution in [0.4, 0.5) is 0 Å². The van der Waals surface area contributed by atoms with Gasteiger partial charge in [0.25, 0.3) is 0 Å². The maximum atomic E-state index is 6.50. The number of hydrogen-bond donors (Lipinski definition) is 0. The molecule has 0 rings (SSSR count). The van der Waals surface area contributed by atoms with Crippen LogP contribution in [0.15, 0.2) is 0 Å². The Kier molecular flexibility index (Phi) is 24.8. The van der Waals surface area contributed by atoms with Gasteiger partial charge in [-0.25, -0.2) is 5.26 Å². The molecule has 0 unspecified atom stereocenters. The van der Waals surface area contributed by atoms with Crippen molar-refractivity contribution in [3.63, 3.8) is 0 Å². The van der Waals surface area contributed by atoms with E-state index in [9.17, 15) is 0 Å². The summed E-state index contributed by atoms with van der Waals surface area (Å²) in [5.41, 5.74) is 0. The lowest BCUT2D eigenvalue weighted by molar-refractivity contribution is 0.534. The van der Waals surface area contributed by atoms with Crippen LogP contribution in [0, 0.1) is 11.8 Å². The van der Waals surface area contributed by atoms with Gasteiger partial charge >= 0.3 is 0 Å². The van der Waals surface area contributed by atoms with Crippen molar-refractivity contribution in [2.45, 2.75) is 110 Å². The maximum Gasteiger partial charge on any atom is 0.0462 e. The van der Waals surface area contributed by atoms with Crippen molar-refractivity contribution in [3.05, 3.63) is 0 Å². The highest BCUT2D eigenvalue weighted by molar-refractivity contribution is 4.48. The zero-order valence-corrected chi connectivity index (χ0v) is 13.6. The summed E-state index contributed by atoms with van der Waals surface area (Å²) in [7, 11) is 0. The van der Waals surface area contributed by atoms with Crippen LogP contribution in [0.2, 0.25) is 0 Å². The van der Waals surface area contributed by atoms with E-state index in [1.165, 1.54) is 96.3 Å². The molecule has 0 saturated heterocycles. The number of nitriles is 1. The van der Waals surface area contributed by atoms with Gasteiger partial charge in [-0.05, 0) is 0 Å². The Hall–Kier alpha value is -0.510. The van der Waals surface area contributed by atoms with Crippen molar-refractivity contribution in [3.8, 4) is 6.57 Å². The predicted octanol–water partition coefficient (Wildman–Crippen LogP) is 7.02. The van der Waals surface area contributed by atoms with E-state index >= 15 is 0 Å². The first-order valence-electron chi connectivity index (χ1n) is 8.67. The summed E-state index contributed by atoms with van der Waals surface area (Å²) in [4.78, 5) is 0. The van der Waals surface area contributed by atoms with Gasteiger partial charge in [0, 0.05) is 6.57 Å². The molecule has 1 heteroatoms. The summed E-state index contributed by atoms with van der Waals surface area (Å²) in [5, 5.41) is 6.50. The molecule has 19 heavy (non-hydrogen) atoms. The van der Waals surface area contributed by atoms with Crippen LogP contribution in [0.3, 0.4) is 0 Å². The number of nitrogens with zero attached hydrogens (tertiary/aromatic N) is 1. The van der Waals surface area contributed by atoms with E-state index in [1.807, 2.05) is 0 Å². The molecule has 0 amide bonds. The molecule has 1 nitrogen and oxygen atoms in total. The predicted molar refractivity (Wildman–Crippen MR) is 87.3 cm³/mol. The molecule has 0 saturated carbocycles. The summed E-state index contributed by atoms with van der Waals surface area (Å²) in [6, 6.07) is 0. The van der Waals surface area contributed by atoms with Crippen molar-refractivity contribution in [1.82, 2.24) is 0 Å². The quantitative estimate of drug-likeness (QED) is 0.310. The third-order valence-electron chi connectivity index (χ3n) is 3.71. The van der Waals surface area contributed by atoms with Crippen LogP contribution in [0.25, 0.3) is 0 Å². The minimum absolute atomic E-state index is 1.37. The fourth-order valence-corrected chi connectivity index (χ4v) is 2.44. The first-order chi connectivity index (χ1) is 9.41. The second-order valence-electron chi connectivity index (χ2n) is 5.60. The highest BCUT2D eigenvalue weighted by Crippen LogP contribution is 2.13. The summed E-state index contributed by atoms with van der Waals surface area (Å²) in [6.45, 7) is 8.08. The van der Waals surface area contributed by atoms with E-state index < -0.39 is 0 Å². The molecular formula is C18H37N. The second-order valence-corrected chi connectivity index (χ2v) is 5.60. The van der Waals surface area contributed by atoms with Crippen molar-refractivity contribution in [1.29, 1.82) is 5.26 Å². The van der Waals surface area contributed by atoms with Gasteiger partial charge in [0.05, 0.1) is 0 Å². The smallest absolute Gasteiger partial charge is 0.0462 e. The maximum absolute atomic E-state index is 6.50. The van der Waals surface area contributed by atoms with E-state index in [0.29, 0.717) is 0 Å². The largest absolute Gasteiger partial charge is 0.202 e. The van der Waals surface area contributed by atoms with Crippen molar-refractivity contribution in [2.75, 3.05) is 0 Å². The third-order valence-corrected chi connectivity index (χ3v) is 3.71. The summed E-state index contributed by atoms with van der Waals surface area (Å²) in [6.07, 6.45) is 21.9. The van der Waals surface area contributed by atoms with Crippen LogP contribution < -0.4 is 0 Å². The highest BCUT2D eigenvalue weighted by atomic mass is 14.2. The van der Waals surface area contributed by atoms with Crippen LogP contribution in [0.5, 0.6) is 0 Å². The average Bonchev–Trinajstić information content (AvgIpc) is 2.46. The molecule has 0 aliphatic rings. The molecular weight excluding hydrogens is 230 g/mol. The first kappa shape index (κ1) is 20.8. The zero-order valence-electron chi connectivity index (χ0n) is 13.6. The molecule has 0 radical (unpaired) electrons. The first-order valence-corrected chi connectivity index (χ1v) is 8.67. The summed E-state index contributed by atoms with van der Waals surface area (Å²) in [5.74, 6) is 0. The zero-order chi connectivity index (χ0) is 14.6. The van der Waals surface area contributed by atoms with Gasteiger partial charge in [0.1, 0.15) is 0 Å². The molecule has 0 aromatic carbocycles. The Balaban J connectivity index is 0.